The van der Waals surface area contributed by atoms with Gasteiger partial charge in [0.2, 0.25) is 0 Å². The number of rotatable bonds is 2. The van der Waals surface area contributed by atoms with Gasteiger partial charge in [0.25, 0.3) is 0 Å². The number of hydrogen-bond acceptors (Lipinski definition) is 2. The van der Waals surface area contributed by atoms with E-state index in [4.69, 9.17) is 23.2 Å². The smallest absolute Gasteiger partial charge is 0.306 e. The van der Waals surface area contributed by atoms with Crippen LogP contribution in [-0.4, -0.2) is 11.0 Å². The Bertz CT molecular complexity index is 561. The molecule has 0 fully saturated rings. The largest absolute Gasteiger partial charge is 0.324 e. The molecule has 0 aliphatic carbocycles. The van der Waals surface area contributed by atoms with Gasteiger partial charge in [-0.05, 0) is 30.3 Å². The van der Waals surface area contributed by atoms with Crippen LogP contribution >= 0.6 is 23.2 Å². The third kappa shape index (κ3) is 3.35. The maximum Gasteiger partial charge on any atom is 0.324 e. The van der Waals surface area contributed by atoms with Crippen LogP contribution in [0.1, 0.15) is 0 Å². The number of amides is 2. The topological polar surface area (TPSA) is 54.0 Å². The first-order chi connectivity index (χ1) is 8.65. The summed E-state index contributed by atoms with van der Waals surface area (Å²) in [7, 11) is 0. The van der Waals surface area contributed by atoms with Gasteiger partial charge >= 0.3 is 6.03 Å². The molecule has 6 heteroatoms. The molecule has 1 aromatic heterocycles. The van der Waals surface area contributed by atoms with E-state index in [0.717, 1.165) is 0 Å². The normalized spacial score (nSPS) is 9.89. The highest BCUT2D eigenvalue weighted by Gasteiger charge is 2.06. The van der Waals surface area contributed by atoms with Gasteiger partial charge in [0, 0.05) is 11.2 Å². The molecule has 2 N–H and O–H groups in total. The average molecular weight is 282 g/mol. The molecule has 0 saturated carbocycles. The summed E-state index contributed by atoms with van der Waals surface area (Å²) in [5, 5.41) is 6.07. The molecule has 0 spiro atoms. The fraction of sp³-hybridized carbons (Fsp3) is 0. The van der Waals surface area contributed by atoms with Gasteiger partial charge in [-0.25, -0.2) is 9.78 Å². The molecule has 0 aliphatic heterocycles. The van der Waals surface area contributed by atoms with Crippen molar-refractivity contribution in [3.63, 3.8) is 0 Å². The molecule has 1 heterocycles. The monoisotopic (exact) mass is 281 g/mol. The Labute approximate surface area is 114 Å². The summed E-state index contributed by atoms with van der Waals surface area (Å²) in [4.78, 5) is 15.6. The second-order valence-corrected chi connectivity index (χ2v) is 4.26. The van der Waals surface area contributed by atoms with Crippen LogP contribution in [0.3, 0.4) is 0 Å². The van der Waals surface area contributed by atoms with Crippen molar-refractivity contribution in [2.75, 3.05) is 10.6 Å². The summed E-state index contributed by atoms with van der Waals surface area (Å²) in [5.74, 6) is 0.458. The minimum atomic E-state index is -0.419. The van der Waals surface area contributed by atoms with E-state index in [1.54, 1.807) is 42.6 Å². The first kappa shape index (κ1) is 12.7. The average Bonchev–Trinajstić information content (AvgIpc) is 2.34. The van der Waals surface area contributed by atoms with Crippen molar-refractivity contribution in [2.45, 2.75) is 0 Å². The maximum absolute atomic E-state index is 11.7. The van der Waals surface area contributed by atoms with Crippen LogP contribution in [0.25, 0.3) is 0 Å². The zero-order chi connectivity index (χ0) is 13.0. The fourth-order valence-electron chi connectivity index (χ4n) is 1.30. The van der Waals surface area contributed by atoms with Crippen LogP contribution in [0.5, 0.6) is 0 Å². The van der Waals surface area contributed by atoms with Gasteiger partial charge in [0.1, 0.15) is 5.82 Å². The number of anilines is 2. The third-order valence-corrected chi connectivity index (χ3v) is 2.63. The first-order valence-electron chi connectivity index (χ1n) is 5.09. The van der Waals surface area contributed by atoms with E-state index in [0.29, 0.717) is 21.6 Å². The predicted molar refractivity (Wildman–Crippen MR) is 73.3 cm³/mol. The highest BCUT2D eigenvalue weighted by atomic mass is 35.5. The number of nitrogens with one attached hydrogen (secondary N) is 2. The van der Waals surface area contributed by atoms with E-state index in [1.165, 1.54) is 0 Å². The number of carbonyl (C=O) groups is 1. The zero-order valence-corrected chi connectivity index (χ0v) is 10.7. The van der Waals surface area contributed by atoms with Crippen LogP contribution in [-0.2, 0) is 0 Å². The van der Waals surface area contributed by atoms with Crippen molar-refractivity contribution in [3.8, 4) is 0 Å². The van der Waals surface area contributed by atoms with Crippen LogP contribution in [0.15, 0.2) is 42.6 Å². The molecule has 2 rings (SSSR count). The number of aromatic nitrogens is 1. The number of urea groups is 1. The highest BCUT2D eigenvalue weighted by molar-refractivity contribution is 6.36. The maximum atomic E-state index is 11.7. The molecule has 1 aromatic carbocycles. The molecular formula is C12H9Cl2N3O. The lowest BCUT2D eigenvalue weighted by Gasteiger charge is -2.08. The molecule has 0 saturated heterocycles. The van der Waals surface area contributed by atoms with E-state index in [9.17, 15) is 4.79 Å². The quantitative estimate of drug-likeness (QED) is 0.873. The van der Waals surface area contributed by atoms with Crippen LogP contribution < -0.4 is 10.6 Å². The van der Waals surface area contributed by atoms with Gasteiger partial charge < -0.3 is 5.32 Å². The number of pyridine rings is 1. The third-order valence-electron chi connectivity index (χ3n) is 2.09. The molecule has 18 heavy (non-hydrogen) atoms. The SMILES string of the molecule is O=C(Nc1ccccn1)Nc1ccc(Cl)cc1Cl. The minimum Gasteiger partial charge on any atom is -0.306 e. The number of carbonyl (C=O) groups excluding carboxylic acids is 1. The Morgan fingerprint density at radius 2 is 1.94 bits per heavy atom. The Hall–Kier alpha value is -1.78. The van der Waals surface area contributed by atoms with Crippen molar-refractivity contribution in [2.24, 2.45) is 0 Å². The van der Waals surface area contributed by atoms with Gasteiger partial charge in [-0.3, -0.25) is 5.32 Å². The van der Waals surface area contributed by atoms with Gasteiger partial charge in [-0.1, -0.05) is 29.3 Å². The molecule has 0 atom stereocenters. The second kappa shape index (κ2) is 5.71. The molecule has 92 valence electrons. The number of hydrogen-bond donors (Lipinski definition) is 2. The van der Waals surface area contributed by atoms with Crippen molar-refractivity contribution >= 4 is 40.7 Å². The summed E-state index contributed by atoms with van der Waals surface area (Å²) >= 11 is 11.7. The highest BCUT2D eigenvalue weighted by Crippen LogP contribution is 2.25. The number of halogens is 2. The fourth-order valence-corrected chi connectivity index (χ4v) is 1.75. The van der Waals surface area contributed by atoms with Gasteiger partial charge in [0.15, 0.2) is 0 Å². The molecular weight excluding hydrogens is 273 g/mol. The molecule has 0 radical (unpaired) electrons. The van der Waals surface area contributed by atoms with E-state index in [-0.39, 0.29) is 0 Å². The molecule has 4 nitrogen and oxygen atoms in total. The van der Waals surface area contributed by atoms with Crippen LogP contribution in [0.4, 0.5) is 16.3 Å². The van der Waals surface area contributed by atoms with E-state index in [2.05, 4.69) is 15.6 Å². The van der Waals surface area contributed by atoms with E-state index < -0.39 is 6.03 Å². The van der Waals surface area contributed by atoms with Gasteiger partial charge in [-0.15, -0.1) is 0 Å². The van der Waals surface area contributed by atoms with Crippen molar-refractivity contribution in [3.05, 3.63) is 52.6 Å². The Kier molecular flexibility index (Phi) is 4.02. The predicted octanol–water partition coefficient (Wildman–Crippen LogP) is 4.03. The second-order valence-electron chi connectivity index (χ2n) is 3.42. The molecule has 0 bridgehead atoms. The summed E-state index contributed by atoms with van der Waals surface area (Å²) < 4.78 is 0. The zero-order valence-electron chi connectivity index (χ0n) is 9.15. The first-order valence-corrected chi connectivity index (χ1v) is 5.85. The summed E-state index contributed by atoms with van der Waals surface area (Å²) in [5.41, 5.74) is 0.481. The summed E-state index contributed by atoms with van der Waals surface area (Å²) in [6.07, 6.45) is 1.59. The lowest BCUT2D eigenvalue weighted by Crippen LogP contribution is -2.20. The Morgan fingerprint density at radius 1 is 1.11 bits per heavy atom. The van der Waals surface area contributed by atoms with Crippen molar-refractivity contribution in [1.82, 2.24) is 4.98 Å². The molecule has 0 unspecified atom stereocenters. The molecule has 2 aromatic rings. The summed E-state index contributed by atoms with van der Waals surface area (Å²) in [6.45, 7) is 0. The Morgan fingerprint density at radius 3 is 2.61 bits per heavy atom. The lowest BCUT2D eigenvalue weighted by molar-refractivity contribution is 0.262. The molecule has 2 amide bonds. The summed E-state index contributed by atoms with van der Waals surface area (Å²) in [6, 6.07) is 9.63. The number of benzene rings is 1. The minimum absolute atomic E-state index is 0.374. The van der Waals surface area contributed by atoms with E-state index >= 15 is 0 Å². The molecule has 0 aliphatic rings. The van der Waals surface area contributed by atoms with Gasteiger partial charge in [0.05, 0.1) is 10.7 Å². The Balaban J connectivity index is 2.03. The van der Waals surface area contributed by atoms with Crippen LogP contribution in [0.2, 0.25) is 10.0 Å². The van der Waals surface area contributed by atoms with Crippen molar-refractivity contribution < 1.29 is 4.79 Å². The van der Waals surface area contributed by atoms with E-state index in [1.807, 2.05) is 0 Å². The van der Waals surface area contributed by atoms with Gasteiger partial charge in [-0.2, -0.15) is 0 Å². The number of nitrogens with zero attached hydrogens (tertiary/aromatic N) is 1. The lowest BCUT2D eigenvalue weighted by atomic mass is 10.3. The van der Waals surface area contributed by atoms with Crippen LogP contribution in [0, 0.1) is 0 Å². The standard InChI is InChI=1S/C12H9Cl2N3O/c13-8-4-5-10(9(14)7-8)16-12(18)17-11-3-1-2-6-15-11/h1-7H,(H2,15,16,17,18). The van der Waals surface area contributed by atoms with Crippen molar-refractivity contribution in [1.29, 1.82) is 0 Å².